The van der Waals surface area contributed by atoms with Crippen molar-refractivity contribution in [2.75, 3.05) is 0 Å². The molecule has 2 atom stereocenters. The van der Waals surface area contributed by atoms with Crippen molar-refractivity contribution >= 4 is 0 Å². The molecule has 14 heavy (non-hydrogen) atoms. The largest absolute Gasteiger partial charge is 0.389 e. The van der Waals surface area contributed by atoms with Crippen LogP contribution in [0.15, 0.2) is 11.6 Å². The molecule has 0 aromatic carbocycles. The lowest BCUT2D eigenvalue weighted by Crippen LogP contribution is -2.37. The maximum Gasteiger partial charge on any atom is 0.0715 e. The van der Waals surface area contributed by atoms with Crippen molar-refractivity contribution in [3.05, 3.63) is 11.6 Å². The van der Waals surface area contributed by atoms with E-state index in [2.05, 4.69) is 26.8 Å². The molecule has 0 bridgehead atoms. The van der Waals surface area contributed by atoms with E-state index in [1.54, 1.807) is 0 Å². The summed E-state index contributed by atoms with van der Waals surface area (Å²) in [5.41, 5.74) is 1.35. The minimum Gasteiger partial charge on any atom is -0.389 e. The Hall–Kier alpha value is -0.300. The predicted octanol–water partition coefficient (Wildman–Crippen LogP) is 3.28. The highest BCUT2D eigenvalue weighted by Gasteiger charge is 2.44. The zero-order chi connectivity index (χ0) is 10.4. The molecule has 1 fully saturated rings. The van der Waals surface area contributed by atoms with E-state index in [1.165, 1.54) is 18.4 Å². The highest BCUT2D eigenvalue weighted by Crippen LogP contribution is 2.48. The minimum atomic E-state index is -0.350. The van der Waals surface area contributed by atoms with Crippen molar-refractivity contribution in [3.63, 3.8) is 0 Å². The maximum atomic E-state index is 10.5. The van der Waals surface area contributed by atoms with E-state index < -0.39 is 0 Å². The first kappa shape index (κ1) is 10.2. The van der Waals surface area contributed by atoms with Crippen LogP contribution in [0.25, 0.3) is 0 Å². The van der Waals surface area contributed by atoms with Gasteiger partial charge in [0.05, 0.1) is 5.60 Å². The Morgan fingerprint density at radius 1 is 1.43 bits per heavy atom. The van der Waals surface area contributed by atoms with E-state index in [4.69, 9.17) is 0 Å². The molecule has 0 unspecified atom stereocenters. The van der Waals surface area contributed by atoms with Crippen molar-refractivity contribution in [1.82, 2.24) is 0 Å². The van der Waals surface area contributed by atoms with Gasteiger partial charge in [0, 0.05) is 0 Å². The smallest absolute Gasteiger partial charge is 0.0715 e. The number of rotatable bonds is 0. The van der Waals surface area contributed by atoms with E-state index in [0.29, 0.717) is 5.92 Å². The van der Waals surface area contributed by atoms with Gasteiger partial charge in [0.15, 0.2) is 0 Å². The number of aliphatic hydroxyl groups is 1. The number of allylic oxidation sites excluding steroid dienone is 1. The van der Waals surface area contributed by atoms with Crippen molar-refractivity contribution in [3.8, 4) is 0 Å². The van der Waals surface area contributed by atoms with Crippen molar-refractivity contribution in [1.29, 1.82) is 0 Å². The molecule has 2 aliphatic carbocycles. The maximum absolute atomic E-state index is 10.5. The van der Waals surface area contributed by atoms with E-state index in [0.717, 1.165) is 19.3 Å². The lowest BCUT2D eigenvalue weighted by atomic mass is 9.71. The molecular formula is C13H22O. The Balaban J connectivity index is 2.20. The highest BCUT2D eigenvalue weighted by molar-refractivity contribution is 5.20. The Bertz CT molecular complexity index is 259. The summed E-state index contributed by atoms with van der Waals surface area (Å²) in [5, 5.41) is 10.5. The van der Waals surface area contributed by atoms with Crippen molar-refractivity contribution < 1.29 is 5.11 Å². The molecule has 1 N–H and O–H groups in total. The first-order valence-corrected chi connectivity index (χ1v) is 5.84. The normalized spacial score (nSPS) is 38.0. The second kappa shape index (κ2) is 3.10. The second-order valence-corrected chi connectivity index (χ2v) is 6.08. The van der Waals surface area contributed by atoms with Gasteiger partial charge in [-0.1, -0.05) is 38.8 Å². The molecule has 0 aliphatic heterocycles. The topological polar surface area (TPSA) is 20.2 Å². The van der Waals surface area contributed by atoms with Crippen LogP contribution in [-0.2, 0) is 0 Å². The molecule has 0 aromatic heterocycles. The Labute approximate surface area is 87.2 Å². The summed E-state index contributed by atoms with van der Waals surface area (Å²) in [5.74, 6) is 0.550. The van der Waals surface area contributed by atoms with Crippen LogP contribution in [0, 0.1) is 11.3 Å². The van der Waals surface area contributed by atoms with Gasteiger partial charge in [-0.15, -0.1) is 0 Å². The number of fused-ring (bicyclic) bond motifs is 1. The fraction of sp³-hybridized carbons (Fsp3) is 0.846. The molecule has 0 radical (unpaired) electrons. The number of hydrogen-bond donors (Lipinski definition) is 1. The van der Waals surface area contributed by atoms with Gasteiger partial charge in [-0.3, -0.25) is 0 Å². The van der Waals surface area contributed by atoms with Crippen LogP contribution in [0.1, 0.15) is 52.9 Å². The lowest BCUT2D eigenvalue weighted by Gasteiger charge is -2.38. The minimum absolute atomic E-state index is 0.239. The van der Waals surface area contributed by atoms with Gasteiger partial charge in [-0.2, -0.15) is 0 Å². The highest BCUT2D eigenvalue weighted by atomic mass is 16.3. The van der Waals surface area contributed by atoms with Gasteiger partial charge in [0.2, 0.25) is 0 Å². The van der Waals surface area contributed by atoms with Gasteiger partial charge in [-0.25, -0.2) is 0 Å². The third-order valence-electron chi connectivity index (χ3n) is 4.03. The van der Waals surface area contributed by atoms with Crippen LogP contribution >= 0.6 is 0 Å². The molecule has 1 saturated carbocycles. The van der Waals surface area contributed by atoms with Crippen LogP contribution in [0.5, 0.6) is 0 Å². The first-order chi connectivity index (χ1) is 6.42. The lowest BCUT2D eigenvalue weighted by molar-refractivity contribution is -0.00564. The van der Waals surface area contributed by atoms with Gasteiger partial charge in [-0.05, 0) is 37.0 Å². The molecule has 0 heterocycles. The van der Waals surface area contributed by atoms with Gasteiger partial charge in [0.1, 0.15) is 0 Å². The molecule has 0 spiro atoms. The van der Waals surface area contributed by atoms with E-state index in [9.17, 15) is 5.11 Å². The third-order valence-corrected chi connectivity index (χ3v) is 4.03. The standard InChI is InChI=1S/C13H22O/c1-12(2,3)11-7-6-10-5-4-8-13(10,14)9-11/h7,10,14H,4-6,8-9H2,1-3H3/t10-,13-/m0/s1. The summed E-state index contributed by atoms with van der Waals surface area (Å²) in [6.07, 6.45) is 7.86. The van der Waals surface area contributed by atoms with E-state index in [-0.39, 0.29) is 11.0 Å². The fourth-order valence-electron chi connectivity index (χ4n) is 2.96. The average molecular weight is 194 g/mol. The quantitative estimate of drug-likeness (QED) is 0.587. The Morgan fingerprint density at radius 2 is 2.14 bits per heavy atom. The van der Waals surface area contributed by atoms with Crippen LogP contribution < -0.4 is 0 Å². The van der Waals surface area contributed by atoms with Crippen molar-refractivity contribution in [2.24, 2.45) is 11.3 Å². The van der Waals surface area contributed by atoms with Gasteiger partial charge in [0.25, 0.3) is 0 Å². The van der Waals surface area contributed by atoms with Crippen LogP contribution in [0.3, 0.4) is 0 Å². The predicted molar refractivity (Wildman–Crippen MR) is 59.1 cm³/mol. The molecule has 1 nitrogen and oxygen atoms in total. The summed E-state index contributed by atoms with van der Waals surface area (Å²) < 4.78 is 0. The van der Waals surface area contributed by atoms with E-state index in [1.807, 2.05) is 0 Å². The SMILES string of the molecule is CC(C)(C)C1=CC[C@@H]2CCC[C@]2(O)C1. The molecular weight excluding hydrogens is 172 g/mol. The average Bonchev–Trinajstić information content (AvgIpc) is 2.42. The Morgan fingerprint density at radius 3 is 2.79 bits per heavy atom. The number of hydrogen-bond acceptors (Lipinski definition) is 1. The molecule has 0 amide bonds. The zero-order valence-corrected chi connectivity index (χ0v) is 9.64. The summed E-state index contributed by atoms with van der Waals surface area (Å²) in [4.78, 5) is 0. The first-order valence-electron chi connectivity index (χ1n) is 5.84. The van der Waals surface area contributed by atoms with Crippen LogP contribution in [-0.4, -0.2) is 10.7 Å². The van der Waals surface area contributed by atoms with E-state index >= 15 is 0 Å². The molecule has 0 aromatic rings. The third kappa shape index (κ3) is 1.63. The van der Waals surface area contributed by atoms with Gasteiger partial charge >= 0.3 is 0 Å². The second-order valence-electron chi connectivity index (χ2n) is 6.08. The monoisotopic (exact) mass is 194 g/mol. The summed E-state index contributed by atoms with van der Waals surface area (Å²) in [6.45, 7) is 6.74. The molecule has 0 saturated heterocycles. The molecule has 1 heteroatoms. The summed E-state index contributed by atoms with van der Waals surface area (Å²) in [7, 11) is 0. The summed E-state index contributed by atoms with van der Waals surface area (Å²) in [6, 6.07) is 0. The fourth-order valence-corrected chi connectivity index (χ4v) is 2.96. The summed E-state index contributed by atoms with van der Waals surface area (Å²) >= 11 is 0. The van der Waals surface area contributed by atoms with Crippen LogP contribution in [0.4, 0.5) is 0 Å². The van der Waals surface area contributed by atoms with Gasteiger partial charge < -0.3 is 5.11 Å². The molecule has 2 rings (SSSR count). The van der Waals surface area contributed by atoms with Crippen molar-refractivity contribution in [2.45, 2.75) is 58.5 Å². The van der Waals surface area contributed by atoms with Crippen LogP contribution in [0.2, 0.25) is 0 Å². The Kier molecular flexibility index (Phi) is 2.26. The zero-order valence-electron chi connectivity index (χ0n) is 9.64. The molecule has 80 valence electrons. The molecule has 2 aliphatic rings.